The van der Waals surface area contributed by atoms with Gasteiger partial charge in [0.15, 0.2) is 0 Å². The Bertz CT molecular complexity index is 179. The summed E-state index contributed by atoms with van der Waals surface area (Å²) in [5, 5.41) is 0. The number of hydrogen-bond acceptors (Lipinski definition) is 2. The van der Waals surface area contributed by atoms with Gasteiger partial charge in [0.25, 0.3) is 0 Å². The zero-order valence-electron chi connectivity index (χ0n) is 10.1. The molecule has 0 radical (unpaired) electrons. The molecule has 0 spiro atoms. The Morgan fingerprint density at radius 2 is 1.73 bits per heavy atom. The molecular weight excluding hydrogens is 184 g/mol. The molecular formula is C13H26N2. The van der Waals surface area contributed by atoms with E-state index in [4.69, 9.17) is 5.73 Å². The van der Waals surface area contributed by atoms with Crippen molar-refractivity contribution in [3.63, 3.8) is 0 Å². The number of piperidine rings is 1. The van der Waals surface area contributed by atoms with Crippen LogP contribution in [0.5, 0.6) is 0 Å². The van der Waals surface area contributed by atoms with Crippen LogP contribution < -0.4 is 5.73 Å². The lowest BCUT2D eigenvalue weighted by molar-refractivity contribution is 0.125. The van der Waals surface area contributed by atoms with Gasteiger partial charge in [-0.25, -0.2) is 0 Å². The molecule has 2 aliphatic heterocycles. The van der Waals surface area contributed by atoms with Crippen LogP contribution in [0.3, 0.4) is 0 Å². The molecule has 2 saturated heterocycles. The fourth-order valence-corrected chi connectivity index (χ4v) is 3.40. The lowest BCUT2D eigenvalue weighted by Crippen LogP contribution is -2.47. The second-order valence-corrected chi connectivity index (χ2v) is 5.41. The molecule has 2 bridgehead atoms. The van der Waals surface area contributed by atoms with E-state index in [1.54, 1.807) is 0 Å². The Morgan fingerprint density at radius 1 is 1.07 bits per heavy atom. The molecule has 2 heterocycles. The summed E-state index contributed by atoms with van der Waals surface area (Å²) in [6, 6.07) is 2.16. The van der Waals surface area contributed by atoms with Crippen molar-refractivity contribution in [1.29, 1.82) is 0 Å². The largest absolute Gasteiger partial charge is 0.328 e. The summed E-state index contributed by atoms with van der Waals surface area (Å²) in [5.74, 6) is 0. The number of nitrogens with two attached hydrogens (primary N) is 1. The summed E-state index contributed by atoms with van der Waals surface area (Å²) >= 11 is 0. The van der Waals surface area contributed by atoms with Crippen LogP contribution >= 0.6 is 0 Å². The average Bonchev–Trinajstić information content (AvgIpc) is 2.46. The predicted octanol–water partition coefficient (Wildman–Crippen LogP) is 2.52. The first-order valence-electron chi connectivity index (χ1n) is 6.82. The molecule has 0 saturated carbocycles. The van der Waals surface area contributed by atoms with Crippen LogP contribution in [-0.4, -0.2) is 29.6 Å². The molecule has 0 aromatic heterocycles. The van der Waals surface area contributed by atoms with Crippen molar-refractivity contribution in [2.24, 2.45) is 5.73 Å². The maximum absolute atomic E-state index is 6.07. The Balaban J connectivity index is 1.74. The van der Waals surface area contributed by atoms with Crippen molar-refractivity contribution in [3.8, 4) is 0 Å². The lowest BCUT2D eigenvalue weighted by atomic mass is 9.98. The molecule has 2 unspecified atom stereocenters. The van der Waals surface area contributed by atoms with Gasteiger partial charge in [0.05, 0.1) is 0 Å². The number of nitrogens with zero attached hydrogens (tertiary/aromatic N) is 1. The maximum atomic E-state index is 6.07. The number of hydrogen-bond donors (Lipinski definition) is 1. The van der Waals surface area contributed by atoms with Gasteiger partial charge in [0, 0.05) is 18.1 Å². The first kappa shape index (κ1) is 11.4. The van der Waals surface area contributed by atoms with Gasteiger partial charge in [-0.1, -0.05) is 26.2 Å². The van der Waals surface area contributed by atoms with E-state index in [9.17, 15) is 0 Å². The summed E-state index contributed by atoms with van der Waals surface area (Å²) in [6.45, 7) is 3.62. The van der Waals surface area contributed by atoms with E-state index in [0.717, 1.165) is 12.1 Å². The Hall–Kier alpha value is -0.0800. The maximum Gasteiger partial charge on any atom is 0.0113 e. The minimum atomic E-state index is 0.495. The van der Waals surface area contributed by atoms with E-state index >= 15 is 0 Å². The second-order valence-electron chi connectivity index (χ2n) is 5.41. The fourth-order valence-electron chi connectivity index (χ4n) is 3.40. The second kappa shape index (κ2) is 5.31. The highest BCUT2D eigenvalue weighted by molar-refractivity contribution is 4.96. The third-order valence-corrected chi connectivity index (χ3v) is 4.19. The highest BCUT2D eigenvalue weighted by Gasteiger charge is 2.38. The van der Waals surface area contributed by atoms with E-state index in [1.165, 1.54) is 57.9 Å². The van der Waals surface area contributed by atoms with Gasteiger partial charge in [-0.2, -0.15) is 0 Å². The molecule has 2 rings (SSSR count). The molecule has 15 heavy (non-hydrogen) atoms. The molecule has 0 amide bonds. The van der Waals surface area contributed by atoms with Crippen LogP contribution in [-0.2, 0) is 0 Å². The molecule has 0 aliphatic carbocycles. The zero-order valence-corrected chi connectivity index (χ0v) is 10.1. The van der Waals surface area contributed by atoms with E-state index in [0.29, 0.717) is 6.04 Å². The van der Waals surface area contributed by atoms with E-state index in [2.05, 4.69) is 11.8 Å². The van der Waals surface area contributed by atoms with Crippen LogP contribution in [0.2, 0.25) is 0 Å². The molecule has 2 atom stereocenters. The molecule has 2 heteroatoms. The van der Waals surface area contributed by atoms with Gasteiger partial charge in [0.2, 0.25) is 0 Å². The van der Waals surface area contributed by atoms with E-state index < -0.39 is 0 Å². The van der Waals surface area contributed by atoms with Crippen LogP contribution in [0.15, 0.2) is 0 Å². The molecule has 2 fully saturated rings. The quantitative estimate of drug-likeness (QED) is 0.707. The summed E-state index contributed by atoms with van der Waals surface area (Å²) in [4.78, 5) is 2.76. The Kier molecular flexibility index (Phi) is 4.04. The fraction of sp³-hybridized carbons (Fsp3) is 1.00. The Morgan fingerprint density at radius 3 is 2.33 bits per heavy atom. The predicted molar refractivity (Wildman–Crippen MR) is 64.9 cm³/mol. The van der Waals surface area contributed by atoms with Gasteiger partial charge in [-0.3, -0.25) is 4.90 Å². The summed E-state index contributed by atoms with van der Waals surface area (Å²) in [7, 11) is 0. The SMILES string of the molecule is CCCCCCN1C2CCC1CC(N)C2. The van der Waals surface area contributed by atoms with Gasteiger partial charge in [-0.05, 0) is 38.6 Å². The summed E-state index contributed by atoms with van der Waals surface area (Å²) < 4.78 is 0. The third-order valence-electron chi connectivity index (χ3n) is 4.19. The molecule has 0 aromatic carbocycles. The van der Waals surface area contributed by atoms with Crippen molar-refractivity contribution in [3.05, 3.63) is 0 Å². The lowest BCUT2D eigenvalue weighted by Gasteiger charge is -2.37. The van der Waals surface area contributed by atoms with Gasteiger partial charge < -0.3 is 5.73 Å². The molecule has 88 valence electrons. The smallest absolute Gasteiger partial charge is 0.0113 e. The van der Waals surface area contributed by atoms with Crippen molar-refractivity contribution in [2.75, 3.05) is 6.54 Å². The first-order chi connectivity index (χ1) is 7.31. The summed E-state index contributed by atoms with van der Waals surface area (Å²) in [6.07, 6.45) is 10.9. The van der Waals surface area contributed by atoms with E-state index in [-0.39, 0.29) is 0 Å². The first-order valence-corrected chi connectivity index (χ1v) is 6.82. The average molecular weight is 210 g/mol. The van der Waals surface area contributed by atoms with Crippen LogP contribution in [0.25, 0.3) is 0 Å². The van der Waals surface area contributed by atoms with Crippen molar-refractivity contribution < 1.29 is 0 Å². The van der Waals surface area contributed by atoms with Crippen molar-refractivity contribution in [2.45, 2.75) is 76.4 Å². The standard InChI is InChI=1S/C13H26N2/c1-2-3-4-5-8-15-12-6-7-13(15)10-11(14)9-12/h11-13H,2-10,14H2,1H3. The zero-order chi connectivity index (χ0) is 10.7. The number of rotatable bonds is 5. The van der Waals surface area contributed by atoms with Crippen molar-refractivity contribution in [1.82, 2.24) is 4.90 Å². The normalized spacial score (nSPS) is 36.0. The van der Waals surface area contributed by atoms with Gasteiger partial charge in [-0.15, -0.1) is 0 Å². The van der Waals surface area contributed by atoms with Crippen molar-refractivity contribution >= 4 is 0 Å². The molecule has 0 aromatic rings. The number of unbranched alkanes of at least 4 members (excludes halogenated alkanes) is 3. The monoisotopic (exact) mass is 210 g/mol. The molecule has 2 aliphatic rings. The van der Waals surface area contributed by atoms with Crippen LogP contribution in [0, 0.1) is 0 Å². The topological polar surface area (TPSA) is 29.3 Å². The van der Waals surface area contributed by atoms with Gasteiger partial charge >= 0.3 is 0 Å². The van der Waals surface area contributed by atoms with Gasteiger partial charge in [0.1, 0.15) is 0 Å². The Labute approximate surface area is 94.2 Å². The third kappa shape index (κ3) is 2.73. The molecule has 2 N–H and O–H groups in total. The summed E-state index contributed by atoms with van der Waals surface area (Å²) in [5.41, 5.74) is 6.07. The highest BCUT2D eigenvalue weighted by atomic mass is 15.2. The molecule has 2 nitrogen and oxygen atoms in total. The highest BCUT2D eigenvalue weighted by Crippen LogP contribution is 2.35. The van der Waals surface area contributed by atoms with E-state index in [1.807, 2.05) is 0 Å². The number of fused-ring (bicyclic) bond motifs is 2. The minimum absolute atomic E-state index is 0.495. The van der Waals surface area contributed by atoms with Crippen LogP contribution in [0.4, 0.5) is 0 Å². The van der Waals surface area contributed by atoms with Crippen LogP contribution in [0.1, 0.15) is 58.3 Å². The minimum Gasteiger partial charge on any atom is -0.328 e.